The molecule has 98 valence electrons. The van der Waals surface area contributed by atoms with Crippen LogP contribution in [0.3, 0.4) is 0 Å². The molecular formula is C12H22N2O3. The molecule has 5 nitrogen and oxygen atoms in total. The lowest BCUT2D eigenvalue weighted by molar-refractivity contribution is -0.143. The van der Waals surface area contributed by atoms with E-state index in [1.807, 2.05) is 20.8 Å². The molecule has 0 saturated carbocycles. The van der Waals surface area contributed by atoms with Crippen molar-refractivity contribution in [3.8, 4) is 0 Å². The molecule has 17 heavy (non-hydrogen) atoms. The molecule has 0 radical (unpaired) electrons. The van der Waals surface area contributed by atoms with Gasteiger partial charge in [0.1, 0.15) is 0 Å². The molecule has 3 unspecified atom stereocenters. The molecule has 1 aliphatic heterocycles. The molecule has 1 fully saturated rings. The molecule has 0 bridgehead atoms. The number of hydrogen-bond acceptors (Lipinski definition) is 3. The number of carbonyl (C=O) groups is 2. The lowest BCUT2D eigenvalue weighted by Crippen LogP contribution is -2.40. The van der Waals surface area contributed by atoms with Crippen LogP contribution < -0.4 is 10.6 Å². The number of nitrogens with one attached hydrogen (secondary N) is 2. The summed E-state index contributed by atoms with van der Waals surface area (Å²) in [6.45, 7) is 7.49. The van der Waals surface area contributed by atoms with Crippen LogP contribution in [0.1, 0.15) is 20.8 Å². The lowest BCUT2D eigenvalue weighted by Gasteiger charge is -2.19. The molecule has 0 aromatic carbocycles. The first kappa shape index (κ1) is 14.0. The van der Waals surface area contributed by atoms with Crippen LogP contribution in [-0.4, -0.2) is 36.6 Å². The summed E-state index contributed by atoms with van der Waals surface area (Å²) in [5, 5.41) is 14.9. The fraction of sp³-hybridized carbons (Fsp3) is 0.833. The standard InChI is InChI=1S/C12H22N2O3/c1-7(2)9(12(16)17)6-14-11(15)10-5-13-4-8(10)3/h7-10,13H,4-6H2,1-3H3,(H,14,15)(H,16,17). The largest absolute Gasteiger partial charge is 0.481 e. The predicted molar refractivity (Wildman–Crippen MR) is 64.5 cm³/mol. The molecule has 0 aromatic heterocycles. The second kappa shape index (κ2) is 6.00. The Hall–Kier alpha value is -1.10. The maximum absolute atomic E-state index is 11.9. The Balaban J connectivity index is 2.43. The van der Waals surface area contributed by atoms with E-state index in [2.05, 4.69) is 10.6 Å². The Morgan fingerprint density at radius 3 is 2.47 bits per heavy atom. The molecule has 1 rings (SSSR count). The SMILES string of the molecule is CC(C)C(CNC(=O)C1CNCC1C)C(=O)O. The van der Waals surface area contributed by atoms with E-state index in [9.17, 15) is 9.59 Å². The van der Waals surface area contributed by atoms with Gasteiger partial charge < -0.3 is 15.7 Å². The van der Waals surface area contributed by atoms with Crippen LogP contribution in [0.5, 0.6) is 0 Å². The fourth-order valence-corrected chi connectivity index (χ4v) is 2.11. The summed E-state index contributed by atoms with van der Waals surface area (Å²) in [4.78, 5) is 22.8. The zero-order valence-corrected chi connectivity index (χ0v) is 10.7. The molecule has 1 heterocycles. The van der Waals surface area contributed by atoms with Gasteiger partial charge in [-0.25, -0.2) is 0 Å². The van der Waals surface area contributed by atoms with Crippen molar-refractivity contribution in [3.05, 3.63) is 0 Å². The third kappa shape index (κ3) is 3.70. The van der Waals surface area contributed by atoms with Crippen molar-refractivity contribution in [3.63, 3.8) is 0 Å². The van der Waals surface area contributed by atoms with Crippen molar-refractivity contribution in [1.29, 1.82) is 0 Å². The monoisotopic (exact) mass is 242 g/mol. The molecule has 3 N–H and O–H groups in total. The van der Waals surface area contributed by atoms with Crippen molar-refractivity contribution in [2.75, 3.05) is 19.6 Å². The number of carboxylic acids is 1. The van der Waals surface area contributed by atoms with Gasteiger partial charge in [0.15, 0.2) is 0 Å². The first-order valence-corrected chi connectivity index (χ1v) is 6.14. The van der Waals surface area contributed by atoms with Gasteiger partial charge in [-0.1, -0.05) is 20.8 Å². The summed E-state index contributed by atoms with van der Waals surface area (Å²) < 4.78 is 0. The Morgan fingerprint density at radius 1 is 1.41 bits per heavy atom. The minimum Gasteiger partial charge on any atom is -0.481 e. The van der Waals surface area contributed by atoms with E-state index in [-0.39, 0.29) is 24.3 Å². The zero-order valence-electron chi connectivity index (χ0n) is 10.7. The van der Waals surface area contributed by atoms with Crippen LogP contribution in [0, 0.1) is 23.7 Å². The summed E-state index contributed by atoms with van der Waals surface area (Å²) >= 11 is 0. The van der Waals surface area contributed by atoms with Gasteiger partial charge in [-0.05, 0) is 18.4 Å². The van der Waals surface area contributed by atoms with E-state index in [4.69, 9.17) is 5.11 Å². The van der Waals surface area contributed by atoms with E-state index < -0.39 is 11.9 Å². The van der Waals surface area contributed by atoms with Crippen molar-refractivity contribution < 1.29 is 14.7 Å². The van der Waals surface area contributed by atoms with Crippen molar-refractivity contribution in [2.24, 2.45) is 23.7 Å². The molecule has 0 aliphatic carbocycles. The molecule has 1 amide bonds. The molecular weight excluding hydrogens is 220 g/mol. The maximum atomic E-state index is 11.9. The van der Waals surface area contributed by atoms with E-state index in [0.717, 1.165) is 6.54 Å². The quantitative estimate of drug-likeness (QED) is 0.648. The highest BCUT2D eigenvalue weighted by Gasteiger charge is 2.30. The zero-order chi connectivity index (χ0) is 13.0. The van der Waals surface area contributed by atoms with E-state index in [1.54, 1.807) is 0 Å². The molecule has 0 aromatic rings. The second-order valence-corrected chi connectivity index (χ2v) is 5.18. The minimum absolute atomic E-state index is 0.0203. The highest BCUT2D eigenvalue weighted by molar-refractivity contribution is 5.80. The van der Waals surface area contributed by atoms with E-state index in [0.29, 0.717) is 12.5 Å². The molecule has 3 atom stereocenters. The van der Waals surface area contributed by atoms with Crippen molar-refractivity contribution >= 4 is 11.9 Å². The summed E-state index contributed by atoms with van der Waals surface area (Å²) in [5.74, 6) is -1.09. The smallest absolute Gasteiger partial charge is 0.308 e. The van der Waals surface area contributed by atoms with Crippen LogP contribution in [0.2, 0.25) is 0 Å². The summed E-state index contributed by atoms with van der Waals surface area (Å²) in [5.41, 5.74) is 0. The number of hydrogen-bond donors (Lipinski definition) is 3. The Bertz CT molecular complexity index is 291. The first-order valence-electron chi connectivity index (χ1n) is 6.14. The van der Waals surface area contributed by atoms with Gasteiger partial charge in [-0.2, -0.15) is 0 Å². The molecule has 5 heteroatoms. The highest BCUT2D eigenvalue weighted by atomic mass is 16.4. The number of carbonyl (C=O) groups excluding carboxylic acids is 1. The number of amides is 1. The van der Waals surface area contributed by atoms with Crippen molar-refractivity contribution in [1.82, 2.24) is 10.6 Å². The van der Waals surface area contributed by atoms with Crippen LogP contribution in [0.15, 0.2) is 0 Å². The molecule has 1 saturated heterocycles. The van der Waals surface area contributed by atoms with Gasteiger partial charge in [0.05, 0.1) is 11.8 Å². The van der Waals surface area contributed by atoms with Gasteiger partial charge in [0.2, 0.25) is 5.91 Å². The van der Waals surface area contributed by atoms with Gasteiger partial charge in [0, 0.05) is 13.1 Å². The highest BCUT2D eigenvalue weighted by Crippen LogP contribution is 2.16. The van der Waals surface area contributed by atoms with Crippen LogP contribution >= 0.6 is 0 Å². The van der Waals surface area contributed by atoms with Gasteiger partial charge >= 0.3 is 5.97 Å². The van der Waals surface area contributed by atoms with Gasteiger partial charge in [0.25, 0.3) is 0 Å². The van der Waals surface area contributed by atoms with Crippen LogP contribution in [0.4, 0.5) is 0 Å². The second-order valence-electron chi connectivity index (χ2n) is 5.18. The van der Waals surface area contributed by atoms with Crippen LogP contribution in [0.25, 0.3) is 0 Å². The summed E-state index contributed by atoms with van der Waals surface area (Å²) in [6, 6.07) is 0. The lowest BCUT2D eigenvalue weighted by atomic mass is 9.94. The third-order valence-corrected chi connectivity index (χ3v) is 3.47. The fourth-order valence-electron chi connectivity index (χ4n) is 2.11. The normalized spacial score (nSPS) is 25.9. The third-order valence-electron chi connectivity index (χ3n) is 3.47. The Kier molecular flexibility index (Phi) is 4.93. The van der Waals surface area contributed by atoms with Gasteiger partial charge in [-0.3, -0.25) is 9.59 Å². The maximum Gasteiger partial charge on any atom is 0.308 e. The van der Waals surface area contributed by atoms with E-state index >= 15 is 0 Å². The topological polar surface area (TPSA) is 78.4 Å². The average molecular weight is 242 g/mol. The number of carboxylic acid groups (broad SMARTS) is 1. The van der Waals surface area contributed by atoms with E-state index in [1.165, 1.54) is 0 Å². The number of rotatable bonds is 5. The predicted octanol–water partition coefficient (Wildman–Crippen LogP) is 0.315. The molecule has 0 spiro atoms. The Morgan fingerprint density at radius 2 is 2.06 bits per heavy atom. The average Bonchev–Trinajstić information content (AvgIpc) is 2.63. The first-order chi connectivity index (χ1) is 7.93. The minimum atomic E-state index is -0.849. The van der Waals surface area contributed by atoms with Crippen molar-refractivity contribution in [2.45, 2.75) is 20.8 Å². The summed E-state index contributed by atoms with van der Waals surface area (Å²) in [6.07, 6.45) is 0. The van der Waals surface area contributed by atoms with Gasteiger partial charge in [-0.15, -0.1) is 0 Å². The van der Waals surface area contributed by atoms with Crippen LogP contribution in [-0.2, 0) is 9.59 Å². The Labute approximate surface area is 102 Å². The number of aliphatic carboxylic acids is 1. The summed E-state index contributed by atoms with van der Waals surface area (Å²) in [7, 11) is 0. The molecule has 1 aliphatic rings.